The first-order valence-corrected chi connectivity index (χ1v) is 9.56. The molecule has 4 rings (SSSR count). The number of ether oxygens (including phenoxy) is 2. The van der Waals surface area contributed by atoms with Crippen LogP contribution in [0.5, 0.6) is 11.5 Å². The van der Waals surface area contributed by atoms with E-state index in [-0.39, 0.29) is 30.0 Å². The topological polar surface area (TPSA) is 118 Å². The smallest absolute Gasteiger partial charge is 0.231 e. The molecule has 0 unspecified atom stereocenters. The minimum absolute atomic E-state index is 0.0188. The van der Waals surface area contributed by atoms with Crippen LogP contribution in [-0.2, 0) is 0 Å². The van der Waals surface area contributed by atoms with Crippen molar-refractivity contribution in [1.82, 2.24) is 14.5 Å². The molecule has 1 aromatic carbocycles. The Kier molecular flexibility index (Phi) is 4.60. The van der Waals surface area contributed by atoms with Crippen molar-refractivity contribution in [3.05, 3.63) is 47.3 Å². The molecule has 0 amide bonds. The Balaban J connectivity index is 1.57. The van der Waals surface area contributed by atoms with Gasteiger partial charge in [0.1, 0.15) is 11.6 Å². The van der Waals surface area contributed by atoms with Gasteiger partial charge in [-0.2, -0.15) is 0 Å². The van der Waals surface area contributed by atoms with E-state index in [1.807, 2.05) is 42.7 Å². The maximum absolute atomic E-state index is 12.8. The maximum Gasteiger partial charge on any atom is 0.231 e. The van der Waals surface area contributed by atoms with Crippen LogP contribution in [0.1, 0.15) is 21.7 Å². The number of carbonyl (C=O) groups excluding carboxylic acids is 1. The molecule has 4 N–H and O–H groups in total. The van der Waals surface area contributed by atoms with Gasteiger partial charge in [-0.25, -0.2) is 9.97 Å². The second-order valence-corrected chi connectivity index (χ2v) is 7.31. The van der Waals surface area contributed by atoms with E-state index in [1.165, 1.54) is 17.8 Å². The zero-order valence-corrected chi connectivity index (χ0v) is 16.2. The second-order valence-electron chi connectivity index (χ2n) is 6.37. The molecule has 0 spiro atoms. The van der Waals surface area contributed by atoms with E-state index in [9.17, 15) is 4.79 Å². The fourth-order valence-corrected chi connectivity index (χ4v) is 3.96. The third-order valence-corrected chi connectivity index (χ3v) is 5.27. The van der Waals surface area contributed by atoms with Gasteiger partial charge in [-0.1, -0.05) is 11.8 Å². The number of anilines is 2. The first-order valence-electron chi connectivity index (χ1n) is 8.57. The Morgan fingerprint density at radius 2 is 1.82 bits per heavy atom. The largest absolute Gasteiger partial charge is 0.454 e. The van der Waals surface area contributed by atoms with E-state index < -0.39 is 0 Å². The first-order chi connectivity index (χ1) is 13.4. The molecule has 28 heavy (non-hydrogen) atoms. The van der Waals surface area contributed by atoms with Crippen LogP contribution in [-0.4, -0.2) is 32.9 Å². The molecule has 0 fully saturated rings. The van der Waals surface area contributed by atoms with Gasteiger partial charge in [-0.3, -0.25) is 4.79 Å². The molecule has 2 aromatic heterocycles. The van der Waals surface area contributed by atoms with Crippen LogP contribution in [0.3, 0.4) is 0 Å². The molecule has 144 valence electrons. The summed E-state index contributed by atoms with van der Waals surface area (Å²) in [5.41, 5.74) is 14.7. The number of ketones is 1. The van der Waals surface area contributed by atoms with Gasteiger partial charge >= 0.3 is 0 Å². The summed E-state index contributed by atoms with van der Waals surface area (Å²) >= 11 is 1.21. The fourth-order valence-electron chi connectivity index (χ4n) is 3.20. The zero-order valence-electron chi connectivity index (χ0n) is 15.4. The summed E-state index contributed by atoms with van der Waals surface area (Å²) in [5.74, 6) is 2.15. The van der Waals surface area contributed by atoms with Gasteiger partial charge in [-0.05, 0) is 32.0 Å². The van der Waals surface area contributed by atoms with Crippen LogP contribution in [0.15, 0.2) is 35.5 Å². The number of fused-ring (bicyclic) bond motifs is 1. The number of Topliss-reactive ketones (excluding diaryl/α,β-unsaturated/α-hetero) is 1. The quantitative estimate of drug-likeness (QED) is 0.383. The summed E-state index contributed by atoms with van der Waals surface area (Å²) in [6.45, 7) is 4.10. The SMILES string of the molecule is Cc1cc(C(=O)CSc2nc(N)cc(N)n2)c(C)n1-c1ccc2c(c1)OCO2. The predicted molar refractivity (Wildman–Crippen MR) is 107 cm³/mol. The zero-order chi connectivity index (χ0) is 19.8. The van der Waals surface area contributed by atoms with Gasteiger partial charge in [-0.15, -0.1) is 0 Å². The number of carbonyl (C=O) groups is 1. The molecule has 1 aliphatic rings. The molecule has 8 nitrogen and oxygen atoms in total. The Morgan fingerprint density at radius 3 is 2.57 bits per heavy atom. The van der Waals surface area contributed by atoms with Crippen LogP contribution >= 0.6 is 11.8 Å². The summed E-state index contributed by atoms with van der Waals surface area (Å²) in [4.78, 5) is 21.0. The van der Waals surface area contributed by atoms with Crippen molar-refractivity contribution in [1.29, 1.82) is 0 Å². The summed E-state index contributed by atoms with van der Waals surface area (Å²) < 4.78 is 12.8. The highest BCUT2D eigenvalue weighted by molar-refractivity contribution is 7.99. The van der Waals surface area contributed by atoms with Crippen LogP contribution in [0.4, 0.5) is 11.6 Å². The van der Waals surface area contributed by atoms with Gasteiger partial charge in [0.25, 0.3) is 0 Å². The standard InChI is InChI=1S/C19H19N5O3S/c1-10-5-13(14(25)8-28-19-22-17(20)7-18(21)23-19)11(2)24(10)12-3-4-15-16(6-12)27-9-26-15/h3-7H,8-9H2,1-2H3,(H4,20,21,22,23). The third-order valence-electron chi connectivity index (χ3n) is 4.42. The molecule has 0 atom stereocenters. The number of hydrogen-bond donors (Lipinski definition) is 2. The Labute approximate surface area is 165 Å². The average Bonchev–Trinajstić information content (AvgIpc) is 3.22. The van der Waals surface area contributed by atoms with E-state index >= 15 is 0 Å². The van der Waals surface area contributed by atoms with Gasteiger partial charge < -0.3 is 25.5 Å². The normalized spacial score (nSPS) is 12.4. The Morgan fingerprint density at radius 1 is 1.11 bits per heavy atom. The second kappa shape index (κ2) is 7.08. The molecular formula is C19H19N5O3S. The van der Waals surface area contributed by atoms with E-state index in [0.717, 1.165) is 22.8 Å². The molecule has 0 saturated carbocycles. The lowest BCUT2D eigenvalue weighted by Gasteiger charge is -2.10. The summed E-state index contributed by atoms with van der Waals surface area (Å²) in [6, 6.07) is 9.09. The first kappa shape index (κ1) is 18.2. The number of aryl methyl sites for hydroxylation is 1. The van der Waals surface area contributed by atoms with Gasteiger partial charge in [0.2, 0.25) is 6.79 Å². The molecule has 9 heteroatoms. The monoisotopic (exact) mass is 397 g/mol. The van der Waals surface area contributed by atoms with Crippen LogP contribution in [0.25, 0.3) is 5.69 Å². The number of rotatable bonds is 5. The summed E-state index contributed by atoms with van der Waals surface area (Å²) in [5, 5.41) is 0.385. The number of nitrogen functional groups attached to an aromatic ring is 2. The lowest BCUT2D eigenvalue weighted by atomic mass is 10.2. The molecular weight excluding hydrogens is 378 g/mol. The van der Waals surface area contributed by atoms with E-state index in [0.29, 0.717) is 16.5 Å². The van der Waals surface area contributed by atoms with Crippen LogP contribution < -0.4 is 20.9 Å². The number of hydrogen-bond acceptors (Lipinski definition) is 8. The van der Waals surface area contributed by atoms with Crippen LogP contribution in [0.2, 0.25) is 0 Å². The van der Waals surface area contributed by atoms with Crippen molar-refractivity contribution in [2.24, 2.45) is 0 Å². The van der Waals surface area contributed by atoms with Crippen molar-refractivity contribution in [3.63, 3.8) is 0 Å². The highest BCUT2D eigenvalue weighted by atomic mass is 32.2. The van der Waals surface area contributed by atoms with Crippen molar-refractivity contribution < 1.29 is 14.3 Å². The third kappa shape index (κ3) is 3.36. The molecule has 0 aliphatic carbocycles. The van der Waals surface area contributed by atoms with Crippen LogP contribution in [0, 0.1) is 13.8 Å². The van der Waals surface area contributed by atoms with Crippen molar-refractivity contribution in [2.75, 3.05) is 24.0 Å². The molecule has 1 aliphatic heterocycles. The fraction of sp³-hybridized carbons (Fsp3) is 0.211. The maximum atomic E-state index is 12.8. The molecule has 0 saturated heterocycles. The van der Waals surface area contributed by atoms with Crippen molar-refractivity contribution in [2.45, 2.75) is 19.0 Å². The number of nitrogens with zero attached hydrogens (tertiary/aromatic N) is 3. The molecule has 0 radical (unpaired) electrons. The average molecular weight is 397 g/mol. The minimum Gasteiger partial charge on any atom is -0.454 e. The molecule has 3 heterocycles. The number of aromatic nitrogens is 3. The predicted octanol–water partition coefficient (Wildman–Crippen LogP) is 2.75. The van der Waals surface area contributed by atoms with Gasteiger partial charge in [0, 0.05) is 34.8 Å². The number of nitrogens with two attached hydrogens (primary N) is 2. The highest BCUT2D eigenvalue weighted by Gasteiger charge is 2.20. The highest BCUT2D eigenvalue weighted by Crippen LogP contribution is 2.35. The van der Waals surface area contributed by atoms with Crippen molar-refractivity contribution >= 4 is 29.2 Å². The molecule has 3 aromatic rings. The lowest BCUT2D eigenvalue weighted by molar-refractivity contribution is 0.102. The van der Waals surface area contributed by atoms with E-state index in [1.54, 1.807) is 0 Å². The number of thioether (sulfide) groups is 1. The van der Waals surface area contributed by atoms with Gasteiger partial charge in [0.05, 0.1) is 5.75 Å². The summed E-state index contributed by atoms with van der Waals surface area (Å²) in [6.07, 6.45) is 0. The minimum atomic E-state index is -0.0188. The van der Waals surface area contributed by atoms with Crippen molar-refractivity contribution in [3.8, 4) is 17.2 Å². The van der Waals surface area contributed by atoms with Gasteiger partial charge in [0.15, 0.2) is 22.4 Å². The lowest BCUT2D eigenvalue weighted by Crippen LogP contribution is -2.07. The Hall–Kier alpha value is -3.20. The molecule has 0 bridgehead atoms. The number of benzene rings is 1. The van der Waals surface area contributed by atoms with E-state index in [2.05, 4.69) is 9.97 Å². The van der Waals surface area contributed by atoms with E-state index in [4.69, 9.17) is 20.9 Å². The Bertz CT molecular complexity index is 1060. The summed E-state index contributed by atoms with van der Waals surface area (Å²) in [7, 11) is 0.